The maximum absolute atomic E-state index is 9.83. The summed E-state index contributed by atoms with van der Waals surface area (Å²) in [5, 5.41) is 16.7. The number of aliphatic hydroxyl groups is 2. The first-order chi connectivity index (χ1) is 9.47. The molecule has 2 aliphatic rings. The molecule has 0 saturated heterocycles. The molecule has 0 aliphatic heterocycles. The summed E-state index contributed by atoms with van der Waals surface area (Å²) in [7, 11) is 0. The fraction of sp³-hybridized carbons (Fsp3) is 0.467. The van der Waals surface area contributed by atoms with Gasteiger partial charge in [-0.3, -0.25) is 0 Å². The van der Waals surface area contributed by atoms with Gasteiger partial charge in [-0.05, 0) is 17.6 Å². The molecule has 2 N–H and O–H groups in total. The molecule has 6 heteroatoms. The molecule has 0 aromatic heterocycles. The normalized spacial score (nSPS) is 40.0. The first-order valence-electron chi connectivity index (χ1n) is 6.44. The van der Waals surface area contributed by atoms with Crippen LogP contribution in [0.15, 0.2) is 46.5 Å². The van der Waals surface area contributed by atoms with Gasteiger partial charge in [-0.25, -0.2) is 0 Å². The van der Waals surface area contributed by atoms with Crippen LogP contribution in [0.5, 0.6) is 0 Å². The zero-order valence-electron chi connectivity index (χ0n) is 11.5. The fourth-order valence-corrected chi connectivity index (χ4v) is 3.10. The third-order valence-electron chi connectivity index (χ3n) is 4.09. The molecule has 0 bridgehead atoms. The number of hydrogen-bond donors (Lipinski definition) is 2. The summed E-state index contributed by atoms with van der Waals surface area (Å²) in [6.45, 7) is 4.07. The van der Waals surface area contributed by atoms with E-state index >= 15 is 0 Å². The van der Waals surface area contributed by atoms with Crippen LogP contribution < -0.4 is 0 Å². The van der Waals surface area contributed by atoms with Gasteiger partial charge < -0.3 is 10.2 Å². The zero-order valence-corrected chi connectivity index (χ0v) is 14.5. The topological polar surface area (TPSA) is 40.5 Å². The third kappa shape index (κ3) is 3.36. The summed E-state index contributed by atoms with van der Waals surface area (Å²) in [5.41, 5.74) is -0.298. The lowest BCUT2D eigenvalue weighted by molar-refractivity contribution is 0.195. The monoisotopic (exact) mass is 368 g/mol. The van der Waals surface area contributed by atoms with E-state index in [4.69, 9.17) is 46.4 Å². The predicted octanol–water partition coefficient (Wildman–Crippen LogP) is 4.48. The van der Waals surface area contributed by atoms with Crippen molar-refractivity contribution >= 4 is 46.4 Å². The number of rotatable bonds is 2. The lowest BCUT2D eigenvalue weighted by Gasteiger charge is -2.40. The quantitative estimate of drug-likeness (QED) is 0.556. The Kier molecular flexibility index (Phi) is 4.63. The van der Waals surface area contributed by atoms with Gasteiger partial charge >= 0.3 is 0 Å². The van der Waals surface area contributed by atoms with E-state index in [2.05, 4.69) is 0 Å². The second-order valence-corrected chi connectivity index (χ2v) is 7.93. The first-order valence-corrected chi connectivity index (χ1v) is 7.95. The first kappa shape index (κ1) is 17.4. The second kappa shape index (κ2) is 5.59. The SMILES string of the molecule is CC(C)(C1C=CC(O)(Cl)C(Cl)=C1)C1C=CC(O)(Cl)C(Cl)=C1. The molecule has 116 valence electrons. The summed E-state index contributed by atoms with van der Waals surface area (Å²) >= 11 is 23.8. The molecule has 2 aliphatic carbocycles. The van der Waals surface area contributed by atoms with Gasteiger partial charge in [-0.2, -0.15) is 0 Å². The highest BCUT2D eigenvalue weighted by atomic mass is 35.5. The summed E-state index contributed by atoms with van der Waals surface area (Å²) in [5.74, 6) is -0.109. The lowest BCUT2D eigenvalue weighted by Crippen LogP contribution is -2.35. The van der Waals surface area contributed by atoms with E-state index < -0.39 is 10.1 Å². The Morgan fingerprint density at radius 2 is 1.24 bits per heavy atom. The van der Waals surface area contributed by atoms with Crippen molar-refractivity contribution in [3.8, 4) is 0 Å². The van der Waals surface area contributed by atoms with Gasteiger partial charge in [-0.1, -0.05) is 84.6 Å². The van der Waals surface area contributed by atoms with E-state index in [1.807, 2.05) is 26.0 Å². The van der Waals surface area contributed by atoms with Crippen LogP contribution in [0.25, 0.3) is 0 Å². The predicted molar refractivity (Wildman–Crippen MR) is 88.5 cm³/mol. The molecule has 0 spiro atoms. The van der Waals surface area contributed by atoms with Gasteiger partial charge in [0, 0.05) is 11.8 Å². The molecule has 2 nitrogen and oxygen atoms in total. The van der Waals surface area contributed by atoms with E-state index in [-0.39, 0.29) is 27.3 Å². The van der Waals surface area contributed by atoms with Crippen LogP contribution >= 0.6 is 46.4 Å². The van der Waals surface area contributed by atoms with Crippen molar-refractivity contribution < 1.29 is 10.2 Å². The van der Waals surface area contributed by atoms with Crippen molar-refractivity contribution in [1.29, 1.82) is 0 Å². The Morgan fingerprint density at radius 1 is 0.905 bits per heavy atom. The van der Waals surface area contributed by atoms with Crippen LogP contribution in [0.3, 0.4) is 0 Å². The number of alkyl halides is 2. The van der Waals surface area contributed by atoms with Crippen molar-refractivity contribution in [3.05, 3.63) is 46.5 Å². The lowest BCUT2D eigenvalue weighted by atomic mass is 9.67. The standard InChI is InChI=1S/C15H16Cl4O2/c1-13(2,9-3-5-14(18,20)11(16)7-9)10-4-6-15(19,21)12(17)8-10/h3-10,20-21H,1-2H3. The van der Waals surface area contributed by atoms with Gasteiger partial charge in [0.15, 0.2) is 10.1 Å². The summed E-state index contributed by atoms with van der Waals surface area (Å²) in [4.78, 5) is 0. The van der Waals surface area contributed by atoms with Crippen LogP contribution in [-0.2, 0) is 0 Å². The summed E-state index contributed by atoms with van der Waals surface area (Å²) < 4.78 is 0. The maximum atomic E-state index is 9.83. The van der Waals surface area contributed by atoms with Gasteiger partial charge in [-0.15, -0.1) is 0 Å². The van der Waals surface area contributed by atoms with E-state index in [0.29, 0.717) is 0 Å². The van der Waals surface area contributed by atoms with Crippen molar-refractivity contribution in [3.63, 3.8) is 0 Å². The molecule has 0 saturated carbocycles. The number of halogens is 4. The van der Waals surface area contributed by atoms with Crippen LogP contribution in [0, 0.1) is 17.3 Å². The minimum atomic E-state index is -1.64. The molecule has 0 amide bonds. The van der Waals surface area contributed by atoms with Crippen LogP contribution in [-0.4, -0.2) is 20.3 Å². The molecular formula is C15H16Cl4O2. The third-order valence-corrected chi connectivity index (χ3v) is 5.77. The zero-order chi connectivity index (χ0) is 16.1. The molecule has 4 atom stereocenters. The highest BCUT2D eigenvalue weighted by molar-refractivity contribution is 6.40. The smallest absolute Gasteiger partial charge is 0.193 e. The molecule has 21 heavy (non-hydrogen) atoms. The molecule has 0 radical (unpaired) electrons. The molecule has 4 unspecified atom stereocenters. The van der Waals surface area contributed by atoms with E-state index in [1.165, 1.54) is 12.2 Å². The Bertz CT molecular complexity index is 508. The van der Waals surface area contributed by atoms with Crippen molar-refractivity contribution in [2.45, 2.75) is 24.0 Å². The van der Waals surface area contributed by atoms with Crippen molar-refractivity contribution in [2.24, 2.45) is 17.3 Å². The van der Waals surface area contributed by atoms with Gasteiger partial charge in [0.2, 0.25) is 0 Å². The fourth-order valence-electron chi connectivity index (χ4n) is 2.43. The average Bonchev–Trinajstić information content (AvgIpc) is 2.35. The summed E-state index contributed by atoms with van der Waals surface area (Å²) in [6, 6.07) is 0. The van der Waals surface area contributed by atoms with E-state index in [0.717, 1.165) is 0 Å². The number of allylic oxidation sites excluding steroid dienone is 4. The Morgan fingerprint density at radius 3 is 1.52 bits per heavy atom. The van der Waals surface area contributed by atoms with Crippen LogP contribution in [0.2, 0.25) is 0 Å². The molecule has 0 fully saturated rings. The largest absolute Gasteiger partial charge is 0.367 e. The van der Waals surface area contributed by atoms with Gasteiger partial charge in [0.05, 0.1) is 10.1 Å². The minimum absolute atomic E-state index is 0.0547. The minimum Gasteiger partial charge on any atom is -0.367 e. The molecule has 2 rings (SSSR count). The Labute approximate surface area is 144 Å². The van der Waals surface area contributed by atoms with Crippen LogP contribution in [0.1, 0.15) is 13.8 Å². The van der Waals surface area contributed by atoms with Gasteiger partial charge in [0.25, 0.3) is 0 Å². The Balaban J connectivity index is 2.29. The molecule has 0 aromatic rings. The van der Waals surface area contributed by atoms with Gasteiger partial charge in [0.1, 0.15) is 0 Å². The number of hydrogen-bond acceptors (Lipinski definition) is 2. The highest BCUT2D eigenvalue weighted by Crippen LogP contribution is 2.47. The van der Waals surface area contributed by atoms with E-state index in [9.17, 15) is 10.2 Å². The van der Waals surface area contributed by atoms with Crippen molar-refractivity contribution in [1.82, 2.24) is 0 Å². The highest BCUT2D eigenvalue weighted by Gasteiger charge is 2.40. The van der Waals surface area contributed by atoms with Crippen molar-refractivity contribution in [2.75, 3.05) is 0 Å². The molecule has 0 heterocycles. The Hall–Kier alpha value is 0.0400. The molecule has 0 aromatic carbocycles. The second-order valence-electron chi connectivity index (χ2n) is 5.97. The summed E-state index contributed by atoms with van der Waals surface area (Å²) in [6.07, 6.45) is 10.0. The van der Waals surface area contributed by atoms with Crippen LogP contribution in [0.4, 0.5) is 0 Å². The molecular weight excluding hydrogens is 354 g/mol. The maximum Gasteiger partial charge on any atom is 0.193 e. The average molecular weight is 370 g/mol. The van der Waals surface area contributed by atoms with E-state index in [1.54, 1.807) is 12.2 Å².